The first-order valence-electron chi connectivity index (χ1n) is 7.53. The van der Waals surface area contributed by atoms with Crippen LogP contribution in [-0.4, -0.2) is 69.7 Å². The van der Waals surface area contributed by atoms with Crippen molar-refractivity contribution in [3.05, 3.63) is 35.4 Å². The van der Waals surface area contributed by atoms with E-state index >= 15 is 0 Å². The molecule has 2 heterocycles. The molecule has 0 radical (unpaired) electrons. The van der Waals surface area contributed by atoms with Crippen molar-refractivity contribution in [2.75, 3.05) is 13.1 Å². The minimum atomic E-state index is -1.19. The lowest BCUT2D eigenvalue weighted by molar-refractivity contribution is -0.143. The quantitative estimate of drug-likeness (QED) is 0.650. The van der Waals surface area contributed by atoms with E-state index in [9.17, 15) is 20.1 Å². The molecule has 1 aromatic rings. The van der Waals surface area contributed by atoms with Gasteiger partial charge in [-0.05, 0) is 25.5 Å². The van der Waals surface area contributed by atoms with Gasteiger partial charge < -0.3 is 20.1 Å². The SMILES string of the molecule is Cc1ccc(C(=O)OC2CN3CC[C@H](O)C3C(O)C2O)cc1. The number of benzene rings is 1. The summed E-state index contributed by atoms with van der Waals surface area (Å²) < 4.78 is 5.37. The first-order chi connectivity index (χ1) is 10.5. The molecule has 0 spiro atoms. The summed E-state index contributed by atoms with van der Waals surface area (Å²) in [5, 5.41) is 30.2. The summed E-state index contributed by atoms with van der Waals surface area (Å²) in [7, 11) is 0. The molecule has 3 N–H and O–H groups in total. The third kappa shape index (κ3) is 2.75. The van der Waals surface area contributed by atoms with E-state index < -0.39 is 36.4 Å². The lowest BCUT2D eigenvalue weighted by Crippen LogP contribution is -2.62. The van der Waals surface area contributed by atoms with Gasteiger partial charge in [-0.2, -0.15) is 0 Å². The van der Waals surface area contributed by atoms with E-state index in [1.165, 1.54) is 0 Å². The van der Waals surface area contributed by atoms with Gasteiger partial charge in [-0.3, -0.25) is 4.90 Å². The van der Waals surface area contributed by atoms with Crippen LogP contribution in [-0.2, 0) is 4.74 Å². The van der Waals surface area contributed by atoms with Crippen molar-refractivity contribution < 1.29 is 24.9 Å². The maximum atomic E-state index is 12.2. The minimum Gasteiger partial charge on any atom is -0.455 e. The molecule has 4 unspecified atom stereocenters. The van der Waals surface area contributed by atoms with Crippen LogP contribution in [0.15, 0.2) is 24.3 Å². The molecule has 0 aliphatic carbocycles. The average molecular weight is 307 g/mol. The van der Waals surface area contributed by atoms with Gasteiger partial charge in [-0.15, -0.1) is 0 Å². The summed E-state index contributed by atoms with van der Waals surface area (Å²) in [5.41, 5.74) is 1.45. The van der Waals surface area contributed by atoms with Gasteiger partial charge in [0.1, 0.15) is 18.3 Å². The Bertz CT molecular complexity index is 546. The molecule has 120 valence electrons. The van der Waals surface area contributed by atoms with Gasteiger partial charge in [0.25, 0.3) is 0 Å². The van der Waals surface area contributed by atoms with E-state index in [0.717, 1.165) is 5.56 Å². The highest BCUT2D eigenvalue weighted by atomic mass is 16.6. The van der Waals surface area contributed by atoms with Gasteiger partial charge in [-0.25, -0.2) is 4.79 Å². The Kier molecular flexibility index (Phi) is 4.18. The predicted octanol–water partition coefficient (Wildman–Crippen LogP) is -0.309. The summed E-state index contributed by atoms with van der Waals surface area (Å²) in [6.45, 7) is 2.86. The number of carbonyl (C=O) groups is 1. The van der Waals surface area contributed by atoms with E-state index in [1.54, 1.807) is 12.1 Å². The highest BCUT2D eigenvalue weighted by Crippen LogP contribution is 2.29. The maximum absolute atomic E-state index is 12.2. The average Bonchev–Trinajstić information content (AvgIpc) is 2.86. The van der Waals surface area contributed by atoms with E-state index in [0.29, 0.717) is 25.1 Å². The number of hydrogen-bond acceptors (Lipinski definition) is 6. The third-order valence-corrected chi connectivity index (χ3v) is 4.57. The number of piperidine rings is 1. The van der Waals surface area contributed by atoms with Crippen LogP contribution in [0.2, 0.25) is 0 Å². The van der Waals surface area contributed by atoms with Crippen LogP contribution in [0.1, 0.15) is 22.3 Å². The fraction of sp³-hybridized carbons (Fsp3) is 0.562. The molecule has 22 heavy (non-hydrogen) atoms. The third-order valence-electron chi connectivity index (χ3n) is 4.57. The van der Waals surface area contributed by atoms with Crippen molar-refractivity contribution in [3.8, 4) is 0 Å². The van der Waals surface area contributed by atoms with Crippen LogP contribution in [0.3, 0.4) is 0 Å². The van der Waals surface area contributed by atoms with Crippen LogP contribution in [0.25, 0.3) is 0 Å². The molecule has 6 nitrogen and oxygen atoms in total. The Morgan fingerprint density at radius 3 is 2.55 bits per heavy atom. The van der Waals surface area contributed by atoms with Gasteiger partial charge in [0.15, 0.2) is 0 Å². The molecule has 3 rings (SSSR count). The van der Waals surface area contributed by atoms with Crippen molar-refractivity contribution in [1.82, 2.24) is 4.90 Å². The number of ether oxygens (including phenoxy) is 1. The normalized spacial score (nSPS) is 35.2. The van der Waals surface area contributed by atoms with Gasteiger partial charge in [0, 0.05) is 13.1 Å². The summed E-state index contributed by atoms with van der Waals surface area (Å²) in [4.78, 5) is 14.0. The number of rotatable bonds is 2. The Hall–Kier alpha value is -1.47. The van der Waals surface area contributed by atoms with Gasteiger partial charge in [0.05, 0.1) is 17.7 Å². The number of nitrogens with zero attached hydrogens (tertiary/aromatic N) is 1. The summed E-state index contributed by atoms with van der Waals surface area (Å²) in [6.07, 6.45) is -3.22. The molecule has 0 bridgehead atoms. The Labute approximate surface area is 128 Å². The summed E-state index contributed by atoms with van der Waals surface area (Å²) >= 11 is 0. The second-order valence-corrected chi connectivity index (χ2v) is 6.13. The molecule has 0 amide bonds. The fourth-order valence-electron chi connectivity index (χ4n) is 3.28. The number of carbonyl (C=O) groups excluding carboxylic acids is 1. The van der Waals surface area contributed by atoms with Gasteiger partial charge in [-0.1, -0.05) is 17.7 Å². The molecular weight excluding hydrogens is 286 g/mol. The largest absolute Gasteiger partial charge is 0.455 e. The smallest absolute Gasteiger partial charge is 0.338 e. The number of hydrogen-bond donors (Lipinski definition) is 3. The molecule has 1 aromatic carbocycles. The molecule has 2 aliphatic rings. The van der Waals surface area contributed by atoms with Crippen LogP contribution < -0.4 is 0 Å². The highest BCUT2D eigenvalue weighted by molar-refractivity contribution is 5.89. The fourth-order valence-corrected chi connectivity index (χ4v) is 3.28. The Morgan fingerprint density at radius 2 is 1.86 bits per heavy atom. The van der Waals surface area contributed by atoms with Crippen LogP contribution in [0.5, 0.6) is 0 Å². The van der Waals surface area contributed by atoms with Gasteiger partial charge >= 0.3 is 5.97 Å². The molecule has 2 fully saturated rings. The van der Waals surface area contributed by atoms with Crippen molar-refractivity contribution in [2.45, 2.75) is 43.8 Å². The van der Waals surface area contributed by atoms with E-state index in [2.05, 4.69) is 0 Å². The second-order valence-electron chi connectivity index (χ2n) is 6.13. The zero-order valence-corrected chi connectivity index (χ0v) is 12.4. The molecule has 6 heteroatoms. The topological polar surface area (TPSA) is 90.2 Å². The number of esters is 1. The summed E-state index contributed by atoms with van der Waals surface area (Å²) in [5.74, 6) is -0.519. The van der Waals surface area contributed by atoms with Crippen molar-refractivity contribution in [2.24, 2.45) is 0 Å². The Morgan fingerprint density at radius 1 is 1.18 bits per heavy atom. The van der Waals surface area contributed by atoms with E-state index in [4.69, 9.17) is 4.74 Å². The monoisotopic (exact) mass is 307 g/mol. The number of aliphatic hydroxyl groups excluding tert-OH is 3. The lowest BCUT2D eigenvalue weighted by Gasteiger charge is -2.42. The maximum Gasteiger partial charge on any atom is 0.338 e. The first-order valence-corrected chi connectivity index (χ1v) is 7.53. The molecular formula is C16H21NO5. The number of fused-ring (bicyclic) bond motifs is 1. The standard InChI is InChI=1S/C16H21NO5/c1-9-2-4-10(5-3-9)16(21)22-12-8-17-7-6-11(18)13(17)15(20)14(12)19/h2-5,11-15,18-20H,6-8H2,1H3/t11-,12?,13?,14?,15?/m0/s1. The Balaban J connectivity index is 1.70. The number of aliphatic hydroxyl groups is 3. The van der Waals surface area contributed by atoms with Crippen LogP contribution in [0.4, 0.5) is 0 Å². The van der Waals surface area contributed by atoms with Crippen molar-refractivity contribution in [3.63, 3.8) is 0 Å². The van der Waals surface area contributed by atoms with E-state index in [-0.39, 0.29) is 0 Å². The first kappa shape index (κ1) is 15.4. The zero-order valence-electron chi connectivity index (χ0n) is 12.4. The van der Waals surface area contributed by atoms with Crippen molar-refractivity contribution in [1.29, 1.82) is 0 Å². The van der Waals surface area contributed by atoms with E-state index in [1.807, 2.05) is 24.0 Å². The lowest BCUT2D eigenvalue weighted by atomic mass is 9.93. The summed E-state index contributed by atoms with van der Waals surface area (Å²) in [6, 6.07) is 6.49. The molecule has 5 atom stereocenters. The highest BCUT2D eigenvalue weighted by Gasteiger charge is 2.49. The minimum absolute atomic E-state index is 0.317. The molecule has 0 saturated carbocycles. The molecule has 2 saturated heterocycles. The van der Waals surface area contributed by atoms with Crippen LogP contribution in [0, 0.1) is 6.92 Å². The molecule has 0 aromatic heterocycles. The van der Waals surface area contributed by atoms with Gasteiger partial charge in [0.2, 0.25) is 0 Å². The second kappa shape index (κ2) is 5.96. The molecule has 2 aliphatic heterocycles. The number of aryl methyl sites for hydroxylation is 1. The van der Waals surface area contributed by atoms with Crippen molar-refractivity contribution >= 4 is 5.97 Å². The predicted molar refractivity (Wildman–Crippen MR) is 78.4 cm³/mol. The zero-order chi connectivity index (χ0) is 15.9. The van der Waals surface area contributed by atoms with Crippen LogP contribution >= 0.6 is 0 Å².